The number of likely N-dealkylation sites (tertiary alicyclic amines) is 1. The number of aromatic carboxylic acids is 1. The van der Waals surface area contributed by atoms with Crippen LogP contribution in [0, 0.1) is 0 Å². The molecule has 0 aliphatic carbocycles. The Morgan fingerprint density at radius 3 is 2.75 bits per heavy atom. The number of rotatable bonds is 4. The summed E-state index contributed by atoms with van der Waals surface area (Å²) in [5.41, 5.74) is 0.359. The summed E-state index contributed by atoms with van der Waals surface area (Å²) < 4.78 is 0. The maximum Gasteiger partial charge on any atom is 0.354 e. The van der Waals surface area contributed by atoms with Gasteiger partial charge in [-0.25, -0.2) is 9.78 Å². The Labute approximate surface area is 118 Å². The standard InChI is InChI=1S/C14H19N3O3/c1-16-7-3-4-11(16)9-17(2)13(18)10-5-6-12(14(19)20)15-8-10/h5-6,8,11H,3-4,7,9H2,1-2H3,(H,19,20). The molecule has 1 aliphatic heterocycles. The Bertz CT molecular complexity index is 501. The molecule has 1 aromatic heterocycles. The van der Waals surface area contributed by atoms with Gasteiger partial charge in [0.2, 0.25) is 0 Å². The lowest BCUT2D eigenvalue weighted by Gasteiger charge is -2.25. The summed E-state index contributed by atoms with van der Waals surface area (Å²) in [5, 5.41) is 8.78. The van der Waals surface area contributed by atoms with Crippen molar-refractivity contribution in [3.05, 3.63) is 29.6 Å². The minimum absolute atomic E-state index is 0.0558. The SMILES string of the molecule is CN(CC1CCCN1C)C(=O)c1ccc(C(=O)O)nc1. The zero-order valence-electron chi connectivity index (χ0n) is 11.7. The van der Waals surface area contributed by atoms with Gasteiger partial charge in [-0.15, -0.1) is 0 Å². The first-order valence-corrected chi connectivity index (χ1v) is 6.64. The summed E-state index contributed by atoms with van der Waals surface area (Å²) in [6.07, 6.45) is 3.59. The summed E-state index contributed by atoms with van der Waals surface area (Å²) in [4.78, 5) is 30.7. The van der Waals surface area contributed by atoms with Crippen LogP contribution >= 0.6 is 0 Å². The van der Waals surface area contributed by atoms with Crippen molar-refractivity contribution in [1.82, 2.24) is 14.8 Å². The largest absolute Gasteiger partial charge is 0.477 e. The Hall–Kier alpha value is -1.95. The second kappa shape index (κ2) is 6.00. The van der Waals surface area contributed by atoms with Gasteiger partial charge in [-0.2, -0.15) is 0 Å². The first-order valence-electron chi connectivity index (χ1n) is 6.64. The van der Waals surface area contributed by atoms with Crippen LogP contribution < -0.4 is 0 Å². The molecule has 0 saturated carbocycles. The predicted octanol–water partition coefficient (Wildman–Crippen LogP) is 0.946. The van der Waals surface area contributed by atoms with Crippen LogP contribution in [-0.4, -0.2) is 65.0 Å². The van der Waals surface area contributed by atoms with Crippen LogP contribution in [0.25, 0.3) is 0 Å². The molecule has 0 aromatic carbocycles. The number of carbonyl (C=O) groups excluding carboxylic acids is 1. The molecule has 6 nitrogen and oxygen atoms in total. The van der Waals surface area contributed by atoms with Crippen LogP contribution in [0.4, 0.5) is 0 Å². The Kier molecular flexibility index (Phi) is 4.34. The minimum Gasteiger partial charge on any atom is -0.477 e. The maximum atomic E-state index is 12.2. The molecule has 1 fully saturated rings. The van der Waals surface area contributed by atoms with E-state index in [1.54, 1.807) is 11.9 Å². The van der Waals surface area contributed by atoms with E-state index in [9.17, 15) is 9.59 Å². The molecule has 1 aromatic rings. The van der Waals surface area contributed by atoms with Gasteiger partial charge >= 0.3 is 5.97 Å². The number of nitrogens with zero attached hydrogens (tertiary/aromatic N) is 3. The highest BCUT2D eigenvalue weighted by atomic mass is 16.4. The molecule has 2 rings (SSSR count). The number of amides is 1. The monoisotopic (exact) mass is 277 g/mol. The third-order valence-electron chi connectivity index (χ3n) is 3.73. The highest BCUT2D eigenvalue weighted by Gasteiger charge is 2.24. The molecule has 1 N–H and O–H groups in total. The number of hydrogen-bond acceptors (Lipinski definition) is 4. The third-order valence-corrected chi connectivity index (χ3v) is 3.73. The molecule has 6 heteroatoms. The fourth-order valence-corrected chi connectivity index (χ4v) is 2.48. The molecule has 1 unspecified atom stereocenters. The predicted molar refractivity (Wildman–Crippen MR) is 73.8 cm³/mol. The lowest BCUT2D eigenvalue weighted by atomic mass is 10.2. The molecule has 0 radical (unpaired) electrons. The van der Waals surface area contributed by atoms with Crippen LogP contribution in [0.15, 0.2) is 18.3 Å². The van der Waals surface area contributed by atoms with Gasteiger partial charge in [0.1, 0.15) is 5.69 Å². The fourth-order valence-electron chi connectivity index (χ4n) is 2.48. The summed E-state index contributed by atoms with van der Waals surface area (Å²) in [5.74, 6) is -1.22. The molecule has 1 atom stereocenters. The number of hydrogen-bond donors (Lipinski definition) is 1. The van der Waals surface area contributed by atoms with E-state index in [1.807, 2.05) is 0 Å². The highest BCUT2D eigenvalue weighted by molar-refractivity contribution is 5.94. The second-order valence-corrected chi connectivity index (χ2v) is 5.20. The average molecular weight is 277 g/mol. The van der Waals surface area contributed by atoms with Crippen LogP contribution in [0.3, 0.4) is 0 Å². The zero-order valence-corrected chi connectivity index (χ0v) is 11.7. The van der Waals surface area contributed by atoms with Crippen molar-refractivity contribution in [2.24, 2.45) is 0 Å². The number of carbonyl (C=O) groups is 2. The van der Waals surface area contributed by atoms with Crippen LogP contribution in [0.1, 0.15) is 33.7 Å². The third kappa shape index (κ3) is 3.14. The van der Waals surface area contributed by atoms with Crippen molar-refractivity contribution in [2.75, 3.05) is 27.2 Å². The van der Waals surface area contributed by atoms with Gasteiger partial charge in [0.15, 0.2) is 0 Å². The van der Waals surface area contributed by atoms with Crippen molar-refractivity contribution < 1.29 is 14.7 Å². The molecule has 1 aliphatic rings. The Morgan fingerprint density at radius 2 is 2.25 bits per heavy atom. The van der Waals surface area contributed by atoms with Gasteiger partial charge in [0.25, 0.3) is 5.91 Å². The zero-order chi connectivity index (χ0) is 14.7. The number of carboxylic acid groups (broad SMARTS) is 1. The molecular formula is C14H19N3O3. The number of likely N-dealkylation sites (N-methyl/N-ethyl adjacent to an activating group) is 2. The molecular weight excluding hydrogens is 258 g/mol. The van der Waals surface area contributed by atoms with E-state index < -0.39 is 5.97 Å². The number of carboxylic acids is 1. The van der Waals surface area contributed by atoms with Crippen molar-refractivity contribution in [3.8, 4) is 0 Å². The molecule has 1 saturated heterocycles. The Balaban J connectivity index is 2.00. The molecule has 0 spiro atoms. The molecule has 108 valence electrons. The topological polar surface area (TPSA) is 73.7 Å². The molecule has 0 bridgehead atoms. The fraction of sp³-hybridized carbons (Fsp3) is 0.500. The van der Waals surface area contributed by atoms with E-state index in [2.05, 4.69) is 16.9 Å². The summed E-state index contributed by atoms with van der Waals surface area (Å²) >= 11 is 0. The molecule has 20 heavy (non-hydrogen) atoms. The number of pyridine rings is 1. The van der Waals surface area contributed by atoms with Gasteiger partial charge in [0.05, 0.1) is 5.56 Å². The average Bonchev–Trinajstić information content (AvgIpc) is 2.83. The van der Waals surface area contributed by atoms with Crippen LogP contribution in [0.2, 0.25) is 0 Å². The van der Waals surface area contributed by atoms with Crippen molar-refractivity contribution >= 4 is 11.9 Å². The van der Waals surface area contributed by atoms with E-state index in [1.165, 1.54) is 18.3 Å². The smallest absolute Gasteiger partial charge is 0.354 e. The van der Waals surface area contributed by atoms with Gasteiger partial charge in [0, 0.05) is 25.8 Å². The van der Waals surface area contributed by atoms with E-state index in [0.717, 1.165) is 19.4 Å². The Morgan fingerprint density at radius 1 is 1.50 bits per heavy atom. The molecule has 1 amide bonds. The van der Waals surface area contributed by atoms with Gasteiger partial charge in [-0.3, -0.25) is 4.79 Å². The first kappa shape index (κ1) is 14.5. The van der Waals surface area contributed by atoms with Crippen molar-refractivity contribution in [2.45, 2.75) is 18.9 Å². The van der Waals surface area contributed by atoms with E-state index in [-0.39, 0.29) is 11.6 Å². The maximum absolute atomic E-state index is 12.2. The van der Waals surface area contributed by atoms with Crippen molar-refractivity contribution in [3.63, 3.8) is 0 Å². The van der Waals surface area contributed by atoms with Crippen molar-refractivity contribution in [1.29, 1.82) is 0 Å². The first-order chi connectivity index (χ1) is 9.49. The summed E-state index contributed by atoms with van der Waals surface area (Å²) in [7, 11) is 3.83. The lowest BCUT2D eigenvalue weighted by Crippen LogP contribution is -2.39. The van der Waals surface area contributed by atoms with Gasteiger partial charge in [-0.05, 0) is 38.6 Å². The molecule has 2 heterocycles. The van der Waals surface area contributed by atoms with Gasteiger partial charge in [-0.1, -0.05) is 0 Å². The number of aromatic nitrogens is 1. The van der Waals surface area contributed by atoms with Gasteiger partial charge < -0.3 is 14.9 Å². The van der Waals surface area contributed by atoms with E-state index >= 15 is 0 Å². The minimum atomic E-state index is -1.09. The quantitative estimate of drug-likeness (QED) is 0.887. The summed E-state index contributed by atoms with van der Waals surface area (Å²) in [6, 6.07) is 3.26. The van der Waals surface area contributed by atoms with E-state index in [0.29, 0.717) is 18.2 Å². The van der Waals surface area contributed by atoms with E-state index in [4.69, 9.17) is 5.11 Å². The normalized spacial score (nSPS) is 19.0. The lowest BCUT2D eigenvalue weighted by molar-refractivity contribution is 0.0687. The van der Waals surface area contributed by atoms with Crippen LogP contribution in [-0.2, 0) is 0 Å². The second-order valence-electron chi connectivity index (χ2n) is 5.20. The van der Waals surface area contributed by atoms with Crippen LogP contribution in [0.5, 0.6) is 0 Å². The highest BCUT2D eigenvalue weighted by Crippen LogP contribution is 2.16. The summed E-state index contributed by atoms with van der Waals surface area (Å²) in [6.45, 7) is 1.75.